The average Bonchev–Trinajstić information content (AvgIpc) is 2.50. The Balaban J connectivity index is 2.15. The van der Waals surface area contributed by atoms with Crippen LogP contribution in [0.25, 0.3) is 0 Å². The molecule has 0 bridgehead atoms. The predicted octanol–water partition coefficient (Wildman–Crippen LogP) is 0.844. The molecule has 0 amide bonds. The van der Waals surface area contributed by atoms with Crippen molar-refractivity contribution in [1.29, 1.82) is 0 Å². The number of hydrogen-bond donors (Lipinski definition) is 2. The van der Waals surface area contributed by atoms with Gasteiger partial charge in [-0.05, 0) is 5.92 Å². The molecule has 0 aliphatic heterocycles. The van der Waals surface area contributed by atoms with Crippen molar-refractivity contribution < 1.29 is 9.90 Å². The standard InChI is InChI=1S/C8H10N2O2/c1-4-6(7(4)8(11)12)5-2-9-3-10-5/h2-4,6-7H,1H3,(H,9,10)(H,11,12)/t4-,6-,7-/m1/s1. The van der Waals surface area contributed by atoms with Gasteiger partial charge in [-0.3, -0.25) is 4.79 Å². The monoisotopic (exact) mass is 166 g/mol. The molecule has 1 aliphatic rings. The number of imidazole rings is 1. The molecule has 0 radical (unpaired) electrons. The van der Waals surface area contributed by atoms with E-state index in [-0.39, 0.29) is 17.8 Å². The molecule has 4 nitrogen and oxygen atoms in total. The van der Waals surface area contributed by atoms with Crippen LogP contribution in [0.4, 0.5) is 0 Å². The summed E-state index contributed by atoms with van der Waals surface area (Å²) < 4.78 is 0. The molecule has 1 saturated carbocycles. The highest BCUT2D eigenvalue weighted by molar-refractivity contribution is 5.75. The summed E-state index contributed by atoms with van der Waals surface area (Å²) in [6.45, 7) is 1.95. The minimum atomic E-state index is -0.706. The highest BCUT2D eigenvalue weighted by Gasteiger charge is 2.53. The van der Waals surface area contributed by atoms with Crippen molar-refractivity contribution in [2.24, 2.45) is 11.8 Å². The lowest BCUT2D eigenvalue weighted by atomic mass is 10.2. The predicted molar refractivity (Wildman–Crippen MR) is 41.6 cm³/mol. The molecule has 12 heavy (non-hydrogen) atoms. The summed E-state index contributed by atoms with van der Waals surface area (Å²) in [5, 5.41) is 8.76. The number of nitrogens with zero attached hydrogens (tertiary/aromatic N) is 1. The third-order valence-electron chi connectivity index (χ3n) is 2.54. The molecule has 2 N–H and O–H groups in total. The van der Waals surface area contributed by atoms with Gasteiger partial charge in [0.15, 0.2) is 0 Å². The van der Waals surface area contributed by atoms with Crippen LogP contribution in [-0.2, 0) is 4.79 Å². The lowest BCUT2D eigenvalue weighted by Crippen LogP contribution is -1.99. The maximum atomic E-state index is 10.6. The minimum Gasteiger partial charge on any atom is -0.481 e. The van der Waals surface area contributed by atoms with Crippen molar-refractivity contribution in [2.45, 2.75) is 12.8 Å². The van der Waals surface area contributed by atoms with E-state index in [4.69, 9.17) is 5.11 Å². The topological polar surface area (TPSA) is 66.0 Å². The summed E-state index contributed by atoms with van der Waals surface area (Å²) >= 11 is 0. The van der Waals surface area contributed by atoms with Gasteiger partial charge in [0.25, 0.3) is 0 Å². The Hall–Kier alpha value is -1.32. The lowest BCUT2D eigenvalue weighted by molar-refractivity contribution is -0.138. The molecule has 1 aromatic rings. The van der Waals surface area contributed by atoms with Crippen LogP contribution in [0.3, 0.4) is 0 Å². The van der Waals surface area contributed by atoms with E-state index in [0.29, 0.717) is 0 Å². The van der Waals surface area contributed by atoms with Gasteiger partial charge in [-0.1, -0.05) is 6.92 Å². The Morgan fingerprint density at radius 2 is 2.50 bits per heavy atom. The number of aromatic nitrogens is 2. The molecule has 1 fully saturated rings. The Kier molecular flexibility index (Phi) is 1.43. The van der Waals surface area contributed by atoms with Crippen molar-refractivity contribution in [3.05, 3.63) is 18.2 Å². The summed E-state index contributed by atoms with van der Waals surface area (Å²) in [4.78, 5) is 17.4. The number of carbonyl (C=O) groups is 1. The van der Waals surface area contributed by atoms with Gasteiger partial charge in [0, 0.05) is 17.8 Å². The average molecular weight is 166 g/mol. The number of H-pyrrole nitrogens is 1. The van der Waals surface area contributed by atoms with Crippen LogP contribution in [0, 0.1) is 11.8 Å². The van der Waals surface area contributed by atoms with E-state index in [1.807, 2.05) is 6.92 Å². The second-order valence-electron chi connectivity index (χ2n) is 3.26. The first-order chi connectivity index (χ1) is 5.72. The molecular weight excluding hydrogens is 156 g/mol. The maximum Gasteiger partial charge on any atom is 0.307 e. The summed E-state index contributed by atoms with van der Waals surface area (Å²) in [5.74, 6) is -0.541. The quantitative estimate of drug-likeness (QED) is 0.684. The molecule has 0 aromatic carbocycles. The third kappa shape index (κ3) is 0.913. The molecule has 0 unspecified atom stereocenters. The van der Waals surface area contributed by atoms with Gasteiger partial charge in [-0.2, -0.15) is 0 Å². The lowest BCUT2D eigenvalue weighted by Gasteiger charge is -1.89. The van der Waals surface area contributed by atoms with Crippen LogP contribution in [0.2, 0.25) is 0 Å². The summed E-state index contributed by atoms with van der Waals surface area (Å²) in [7, 11) is 0. The van der Waals surface area contributed by atoms with E-state index in [2.05, 4.69) is 9.97 Å². The Morgan fingerprint density at radius 3 is 2.92 bits per heavy atom. The second kappa shape index (κ2) is 2.33. The molecule has 2 rings (SSSR count). The number of hydrogen-bond acceptors (Lipinski definition) is 2. The van der Waals surface area contributed by atoms with Gasteiger partial charge >= 0.3 is 5.97 Å². The second-order valence-corrected chi connectivity index (χ2v) is 3.26. The van der Waals surface area contributed by atoms with Crippen molar-refractivity contribution in [1.82, 2.24) is 9.97 Å². The van der Waals surface area contributed by atoms with Gasteiger partial charge < -0.3 is 10.1 Å². The SMILES string of the molecule is C[C@H]1[C@@H](C(=O)O)[C@H]1c1cnc[nH]1. The number of aromatic amines is 1. The normalized spacial score (nSPS) is 33.2. The first-order valence-electron chi connectivity index (χ1n) is 3.93. The first-order valence-corrected chi connectivity index (χ1v) is 3.93. The summed E-state index contributed by atoms with van der Waals surface area (Å²) in [5.41, 5.74) is 0.940. The van der Waals surface area contributed by atoms with Crippen LogP contribution < -0.4 is 0 Å². The van der Waals surface area contributed by atoms with Gasteiger partial charge in [0.2, 0.25) is 0 Å². The Labute approximate surface area is 69.6 Å². The largest absolute Gasteiger partial charge is 0.481 e. The van der Waals surface area contributed by atoms with E-state index in [1.165, 1.54) is 0 Å². The fraction of sp³-hybridized carbons (Fsp3) is 0.500. The smallest absolute Gasteiger partial charge is 0.307 e. The molecule has 1 aliphatic carbocycles. The Morgan fingerprint density at radius 1 is 1.75 bits per heavy atom. The molecule has 3 atom stereocenters. The van der Waals surface area contributed by atoms with Crippen molar-refractivity contribution >= 4 is 5.97 Å². The van der Waals surface area contributed by atoms with Crippen molar-refractivity contribution in [2.75, 3.05) is 0 Å². The van der Waals surface area contributed by atoms with Crippen molar-refractivity contribution in [3.63, 3.8) is 0 Å². The van der Waals surface area contributed by atoms with Crippen LogP contribution >= 0.6 is 0 Å². The molecule has 1 heterocycles. The Bertz CT molecular complexity index is 294. The number of carboxylic acid groups (broad SMARTS) is 1. The molecule has 64 valence electrons. The minimum absolute atomic E-state index is 0.144. The number of rotatable bonds is 2. The highest BCUT2D eigenvalue weighted by atomic mass is 16.4. The van der Waals surface area contributed by atoms with Gasteiger partial charge in [0.1, 0.15) is 0 Å². The summed E-state index contributed by atoms with van der Waals surface area (Å²) in [6, 6.07) is 0. The van der Waals surface area contributed by atoms with E-state index in [0.717, 1.165) is 5.69 Å². The number of carboxylic acids is 1. The van der Waals surface area contributed by atoms with Crippen LogP contribution in [-0.4, -0.2) is 21.0 Å². The van der Waals surface area contributed by atoms with E-state index in [1.54, 1.807) is 12.5 Å². The van der Waals surface area contributed by atoms with Crippen LogP contribution in [0.1, 0.15) is 18.5 Å². The molecule has 4 heteroatoms. The molecule has 1 aromatic heterocycles. The van der Waals surface area contributed by atoms with E-state index in [9.17, 15) is 4.79 Å². The first kappa shape index (κ1) is 7.34. The molecule has 0 spiro atoms. The van der Waals surface area contributed by atoms with Crippen LogP contribution in [0.15, 0.2) is 12.5 Å². The maximum absolute atomic E-state index is 10.6. The van der Waals surface area contributed by atoms with Crippen LogP contribution in [0.5, 0.6) is 0 Å². The van der Waals surface area contributed by atoms with E-state index >= 15 is 0 Å². The fourth-order valence-corrected chi connectivity index (χ4v) is 1.77. The van der Waals surface area contributed by atoms with Crippen molar-refractivity contribution in [3.8, 4) is 0 Å². The number of nitrogens with one attached hydrogen (secondary N) is 1. The highest BCUT2D eigenvalue weighted by Crippen LogP contribution is 2.52. The van der Waals surface area contributed by atoms with Gasteiger partial charge in [0.05, 0.1) is 12.2 Å². The zero-order chi connectivity index (χ0) is 8.72. The van der Waals surface area contributed by atoms with Gasteiger partial charge in [-0.15, -0.1) is 0 Å². The van der Waals surface area contributed by atoms with Gasteiger partial charge in [-0.25, -0.2) is 4.98 Å². The summed E-state index contributed by atoms with van der Waals surface area (Å²) in [6.07, 6.45) is 3.28. The number of aliphatic carboxylic acids is 1. The zero-order valence-electron chi connectivity index (χ0n) is 6.69. The third-order valence-corrected chi connectivity index (χ3v) is 2.54. The molecule has 0 saturated heterocycles. The van der Waals surface area contributed by atoms with E-state index < -0.39 is 5.97 Å². The zero-order valence-corrected chi connectivity index (χ0v) is 6.69. The fourth-order valence-electron chi connectivity index (χ4n) is 1.77. The molecular formula is C8H10N2O2.